The molecule has 3 nitrogen and oxygen atoms in total. The van der Waals surface area contributed by atoms with E-state index in [0.717, 1.165) is 35.5 Å². The summed E-state index contributed by atoms with van der Waals surface area (Å²) in [7, 11) is 0. The second-order valence-corrected chi connectivity index (χ2v) is 7.02. The van der Waals surface area contributed by atoms with Crippen LogP contribution in [-0.4, -0.2) is 22.3 Å². The summed E-state index contributed by atoms with van der Waals surface area (Å²) in [6, 6.07) is 18.2. The van der Waals surface area contributed by atoms with Crippen molar-refractivity contribution in [3.05, 3.63) is 71.2 Å². The van der Waals surface area contributed by atoms with Gasteiger partial charge in [0.05, 0.1) is 16.3 Å². The molecule has 1 aromatic heterocycles. The van der Waals surface area contributed by atoms with Crippen molar-refractivity contribution in [2.75, 3.05) is 6.54 Å². The van der Waals surface area contributed by atoms with E-state index in [4.69, 9.17) is 4.98 Å². The molecule has 1 atom stereocenters. The van der Waals surface area contributed by atoms with Crippen LogP contribution >= 0.6 is 11.3 Å². The van der Waals surface area contributed by atoms with Gasteiger partial charge in [0.25, 0.3) is 0 Å². The molecule has 4 heteroatoms. The fourth-order valence-corrected chi connectivity index (χ4v) is 4.26. The molecule has 2 heterocycles. The fraction of sp³-hybridized carbons (Fsp3) is 0.200. The van der Waals surface area contributed by atoms with Crippen LogP contribution in [0, 0.1) is 0 Å². The molecule has 1 aliphatic rings. The Kier molecular flexibility index (Phi) is 4.13. The van der Waals surface area contributed by atoms with Gasteiger partial charge in [0.15, 0.2) is 0 Å². The Hall–Kier alpha value is -2.46. The van der Waals surface area contributed by atoms with Gasteiger partial charge in [-0.2, -0.15) is 0 Å². The number of benzene rings is 2. The average molecular weight is 334 g/mol. The van der Waals surface area contributed by atoms with Crippen LogP contribution in [0.5, 0.6) is 0 Å². The maximum atomic E-state index is 12.6. The van der Waals surface area contributed by atoms with Crippen LogP contribution in [0.25, 0.3) is 16.3 Å². The van der Waals surface area contributed by atoms with Crippen molar-refractivity contribution in [3.8, 4) is 0 Å². The summed E-state index contributed by atoms with van der Waals surface area (Å²) in [5, 5.41) is 1.05. The van der Waals surface area contributed by atoms with Gasteiger partial charge in [-0.05, 0) is 36.6 Å². The molecule has 0 aliphatic carbocycles. The molecular weight excluding hydrogens is 316 g/mol. The molecule has 0 N–H and O–H groups in total. The van der Waals surface area contributed by atoms with Crippen LogP contribution in [0.3, 0.4) is 0 Å². The lowest BCUT2D eigenvalue weighted by Gasteiger charge is -2.21. The molecule has 2 aromatic carbocycles. The molecule has 4 rings (SSSR count). The van der Waals surface area contributed by atoms with E-state index in [1.165, 1.54) is 4.70 Å². The number of rotatable bonds is 3. The summed E-state index contributed by atoms with van der Waals surface area (Å²) in [6.45, 7) is 0.804. The van der Waals surface area contributed by atoms with Crippen molar-refractivity contribution in [1.82, 2.24) is 9.88 Å². The standard InChI is InChI=1S/C20H18N2OS/c23-19(13-12-15-7-2-1-3-8-15)22-14-6-10-17(22)20-21-16-9-4-5-11-18(16)24-20/h1-5,7-9,11-13,17H,6,10,14H2. The zero-order chi connectivity index (χ0) is 16.4. The minimum absolute atomic E-state index is 0.0700. The van der Waals surface area contributed by atoms with Gasteiger partial charge in [-0.25, -0.2) is 4.98 Å². The van der Waals surface area contributed by atoms with Gasteiger partial charge in [0.1, 0.15) is 5.01 Å². The molecule has 0 bridgehead atoms. The maximum Gasteiger partial charge on any atom is 0.247 e. The third kappa shape index (κ3) is 2.97. The average Bonchev–Trinajstić information content (AvgIpc) is 3.26. The van der Waals surface area contributed by atoms with Crippen molar-refractivity contribution in [2.45, 2.75) is 18.9 Å². The van der Waals surface area contributed by atoms with E-state index in [9.17, 15) is 4.79 Å². The molecule has 1 saturated heterocycles. The number of thiazole rings is 1. The highest BCUT2D eigenvalue weighted by Gasteiger charge is 2.31. The highest BCUT2D eigenvalue weighted by molar-refractivity contribution is 7.18. The Labute approximate surface area is 145 Å². The third-order valence-electron chi connectivity index (χ3n) is 4.35. The van der Waals surface area contributed by atoms with Crippen LogP contribution in [0.2, 0.25) is 0 Å². The molecule has 24 heavy (non-hydrogen) atoms. The zero-order valence-corrected chi connectivity index (χ0v) is 14.1. The summed E-state index contributed by atoms with van der Waals surface area (Å²) < 4.78 is 1.19. The maximum absolute atomic E-state index is 12.6. The highest BCUT2D eigenvalue weighted by atomic mass is 32.1. The number of fused-ring (bicyclic) bond motifs is 1. The second kappa shape index (κ2) is 6.57. The Balaban J connectivity index is 1.56. The van der Waals surface area contributed by atoms with Gasteiger partial charge >= 0.3 is 0 Å². The fourth-order valence-electron chi connectivity index (χ4n) is 3.15. The molecule has 1 aliphatic heterocycles. The van der Waals surface area contributed by atoms with Crippen molar-refractivity contribution in [1.29, 1.82) is 0 Å². The van der Waals surface area contributed by atoms with E-state index in [2.05, 4.69) is 6.07 Å². The van der Waals surface area contributed by atoms with Crippen LogP contribution in [-0.2, 0) is 4.79 Å². The van der Waals surface area contributed by atoms with E-state index in [1.54, 1.807) is 17.4 Å². The Morgan fingerprint density at radius 2 is 1.92 bits per heavy atom. The number of hydrogen-bond donors (Lipinski definition) is 0. The molecule has 1 fully saturated rings. The Bertz CT molecular complexity index is 852. The first-order chi connectivity index (χ1) is 11.8. The van der Waals surface area contributed by atoms with Crippen LogP contribution in [0.1, 0.15) is 29.5 Å². The zero-order valence-electron chi connectivity index (χ0n) is 13.3. The van der Waals surface area contributed by atoms with Crippen molar-refractivity contribution >= 4 is 33.5 Å². The Morgan fingerprint density at radius 3 is 2.75 bits per heavy atom. The molecule has 0 saturated carbocycles. The molecule has 0 spiro atoms. The number of carbonyl (C=O) groups excluding carboxylic acids is 1. The number of para-hydroxylation sites is 1. The van der Waals surface area contributed by atoms with Gasteiger partial charge in [-0.3, -0.25) is 4.79 Å². The van der Waals surface area contributed by atoms with Gasteiger partial charge < -0.3 is 4.90 Å². The largest absolute Gasteiger partial charge is 0.330 e. The first-order valence-electron chi connectivity index (χ1n) is 8.20. The number of aromatic nitrogens is 1. The minimum atomic E-state index is 0.0700. The van der Waals surface area contributed by atoms with Crippen LogP contribution in [0.4, 0.5) is 0 Å². The topological polar surface area (TPSA) is 33.2 Å². The molecule has 3 aromatic rings. The van der Waals surface area contributed by atoms with Gasteiger partial charge in [0, 0.05) is 12.6 Å². The minimum Gasteiger partial charge on any atom is -0.330 e. The van der Waals surface area contributed by atoms with Crippen LogP contribution < -0.4 is 0 Å². The van der Waals surface area contributed by atoms with Crippen molar-refractivity contribution < 1.29 is 4.79 Å². The summed E-state index contributed by atoms with van der Waals surface area (Å²) in [6.07, 6.45) is 5.59. The molecule has 1 unspecified atom stereocenters. The number of likely N-dealkylation sites (tertiary alicyclic amines) is 1. The SMILES string of the molecule is O=C(C=Cc1ccccc1)N1CCCC1c1nc2ccccc2s1. The van der Waals surface area contributed by atoms with Gasteiger partial charge in [-0.1, -0.05) is 42.5 Å². The normalized spacial score (nSPS) is 17.8. The molecular formula is C20H18N2OS. The molecule has 1 amide bonds. The highest BCUT2D eigenvalue weighted by Crippen LogP contribution is 2.36. The first kappa shape index (κ1) is 15.1. The third-order valence-corrected chi connectivity index (χ3v) is 5.49. The van der Waals surface area contributed by atoms with E-state index >= 15 is 0 Å². The lowest BCUT2D eigenvalue weighted by Crippen LogP contribution is -2.28. The number of hydrogen-bond acceptors (Lipinski definition) is 3. The predicted octanol–water partition coefficient (Wildman–Crippen LogP) is 4.67. The van der Waals surface area contributed by atoms with Gasteiger partial charge in [-0.15, -0.1) is 11.3 Å². The second-order valence-electron chi connectivity index (χ2n) is 5.95. The monoisotopic (exact) mass is 334 g/mol. The van der Waals surface area contributed by atoms with Crippen molar-refractivity contribution in [2.24, 2.45) is 0 Å². The molecule has 0 radical (unpaired) electrons. The number of amides is 1. The Morgan fingerprint density at radius 1 is 1.12 bits per heavy atom. The lowest BCUT2D eigenvalue weighted by atomic mass is 10.2. The van der Waals surface area contributed by atoms with Gasteiger partial charge in [0.2, 0.25) is 5.91 Å². The summed E-state index contributed by atoms with van der Waals surface area (Å²) >= 11 is 1.70. The smallest absolute Gasteiger partial charge is 0.247 e. The lowest BCUT2D eigenvalue weighted by molar-refractivity contribution is -0.126. The predicted molar refractivity (Wildman–Crippen MR) is 98.8 cm³/mol. The first-order valence-corrected chi connectivity index (χ1v) is 9.02. The van der Waals surface area contributed by atoms with E-state index in [-0.39, 0.29) is 11.9 Å². The van der Waals surface area contributed by atoms with E-state index < -0.39 is 0 Å². The van der Waals surface area contributed by atoms with Crippen LogP contribution in [0.15, 0.2) is 60.7 Å². The quantitative estimate of drug-likeness (QED) is 0.652. The summed E-state index contributed by atoms with van der Waals surface area (Å²) in [5.41, 5.74) is 2.07. The summed E-state index contributed by atoms with van der Waals surface area (Å²) in [5.74, 6) is 0.0700. The van der Waals surface area contributed by atoms with Crippen molar-refractivity contribution in [3.63, 3.8) is 0 Å². The van der Waals surface area contributed by atoms with E-state index in [1.807, 2.05) is 59.5 Å². The molecule has 120 valence electrons. The van der Waals surface area contributed by atoms with E-state index in [0.29, 0.717) is 0 Å². The number of nitrogens with zero attached hydrogens (tertiary/aromatic N) is 2. The summed E-state index contributed by atoms with van der Waals surface area (Å²) in [4.78, 5) is 19.3. The number of carbonyl (C=O) groups is 1.